The molecule has 2 aromatic rings. The van der Waals surface area contributed by atoms with Gasteiger partial charge in [-0.3, -0.25) is 4.79 Å². The Morgan fingerprint density at radius 1 is 1.40 bits per heavy atom. The molecule has 0 unspecified atom stereocenters. The molecule has 0 radical (unpaired) electrons. The summed E-state index contributed by atoms with van der Waals surface area (Å²) in [7, 11) is 0. The van der Waals surface area contributed by atoms with Crippen molar-refractivity contribution < 1.29 is 18.3 Å². The van der Waals surface area contributed by atoms with Crippen molar-refractivity contribution in [3.63, 3.8) is 0 Å². The normalized spacial score (nSPS) is 10.7. The number of benzene rings is 1. The number of hydrogen-bond acceptors (Lipinski definition) is 3. The number of alkyl halides is 2. The standard InChI is InChI=1S/C12H7ClF2INO2S/c13-8-4-7(1-2-9(8)19-12(14)15)17-11(18)6-3-10(16)20-5-6/h1-5,12H,(H,17,18). The first-order chi connectivity index (χ1) is 9.45. The molecule has 1 aromatic carbocycles. The van der Waals surface area contributed by atoms with Crippen molar-refractivity contribution in [2.75, 3.05) is 5.32 Å². The fraction of sp³-hybridized carbons (Fsp3) is 0.0833. The lowest BCUT2D eigenvalue weighted by atomic mass is 10.2. The van der Waals surface area contributed by atoms with Crippen LogP contribution in [0.15, 0.2) is 29.6 Å². The van der Waals surface area contributed by atoms with Crippen LogP contribution in [0.3, 0.4) is 0 Å². The second-order valence-electron chi connectivity index (χ2n) is 3.62. The molecule has 3 nitrogen and oxygen atoms in total. The Labute approximate surface area is 136 Å². The molecular formula is C12H7ClF2INO2S. The number of nitrogens with one attached hydrogen (secondary N) is 1. The quantitative estimate of drug-likeness (QED) is 0.705. The Hall–Kier alpha value is -0.930. The van der Waals surface area contributed by atoms with Crippen LogP contribution in [0.4, 0.5) is 14.5 Å². The van der Waals surface area contributed by atoms with E-state index in [9.17, 15) is 13.6 Å². The molecule has 0 saturated carbocycles. The summed E-state index contributed by atoms with van der Waals surface area (Å²) in [4.78, 5) is 11.9. The zero-order valence-electron chi connectivity index (χ0n) is 9.70. The van der Waals surface area contributed by atoms with Gasteiger partial charge < -0.3 is 10.1 Å². The maximum atomic E-state index is 12.1. The van der Waals surface area contributed by atoms with Crippen molar-refractivity contribution in [2.24, 2.45) is 0 Å². The lowest BCUT2D eigenvalue weighted by molar-refractivity contribution is -0.0497. The molecule has 8 heteroatoms. The molecule has 2 rings (SSSR count). The Morgan fingerprint density at radius 3 is 2.70 bits per heavy atom. The van der Waals surface area contributed by atoms with Gasteiger partial charge in [0.15, 0.2) is 0 Å². The number of carbonyl (C=O) groups is 1. The number of carbonyl (C=O) groups excluding carboxylic acids is 1. The molecule has 0 bridgehead atoms. The van der Waals surface area contributed by atoms with Crippen LogP contribution < -0.4 is 10.1 Å². The molecule has 106 valence electrons. The number of hydrogen-bond donors (Lipinski definition) is 1. The minimum absolute atomic E-state index is 0.00278. The lowest BCUT2D eigenvalue weighted by Gasteiger charge is -2.09. The third-order valence-corrected chi connectivity index (χ3v) is 4.32. The van der Waals surface area contributed by atoms with E-state index < -0.39 is 6.61 Å². The van der Waals surface area contributed by atoms with E-state index in [1.54, 1.807) is 11.4 Å². The lowest BCUT2D eigenvalue weighted by Crippen LogP contribution is -2.11. The van der Waals surface area contributed by atoms with Crippen molar-refractivity contribution in [2.45, 2.75) is 6.61 Å². The summed E-state index contributed by atoms with van der Waals surface area (Å²) in [5.41, 5.74) is 0.936. The van der Waals surface area contributed by atoms with Crippen LogP contribution in [0.5, 0.6) is 5.75 Å². The Bertz CT molecular complexity index is 636. The second-order valence-corrected chi connectivity index (χ2v) is 6.83. The first kappa shape index (κ1) is 15.5. The number of ether oxygens (including phenoxy) is 1. The van der Waals surface area contributed by atoms with Crippen LogP contribution in [-0.2, 0) is 0 Å². The van der Waals surface area contributed by atoms with Gasteiger partial charge in [0.25, 0.3) is 5.91 Å². The highest BCUT2D eigenvalue weighted by molar-refractivity contribution is 14.1. The molecule has 20 heavy (non-hydrogen) atoms. The number of halogens is 4. The smallest absolute Gasteiger partial charge is 0.387 e. The van der Waals surface area contributed by atoms with Gasteiger partial charge >= 0.3 is 6.61 Å². The van der Waals surface area contributed by atoms with Gasteiger partial charge in [-0.15, -0.1) is 11.3 Å². The van der Waals surface area contributed by atoms with Crippen LogP contribution >= 0.6 is 45.5 Å². The van der Waals surface area contributed by atoms with Gasteiger partial charge in [0, 0.05) is 11.1 Å². The van der Waals surface area contributed by atoms with E-state index in [2.05, 4.69) is 32.6 Å². The van der Waals surface area contributed by atoms with Crippen LogP contribution in [0.25, 0.3) is 0 Å². The molecule has 0 spiro atoms. The third kappa shape index (κ3) is 4.03. The minimum atomic E-state index is -2.94. The highest BCUT2D eigenvalue weighted by Crippen LogP contribution is 2.29. The van der Waals surface area contributed by atoms with Crippen LogP contribution in [0.2, 0.25) is 5.02 Å². The molecule has 0 fully saturated rings. The summed E-state index contributed by atoms with van der Waals surface area (Å²) >= 11 is 9.37. The molecule has 0 aliphatic heterocycles. The largest absolute Gasteiger partial charge is 0.433 e. The Morgan fingerprint density at radius 2 is 2.15 bits per heavy atom. The first-order valence-corrected chi connectivity index (χ1v) is 7.59. The summed E-state index contributed by atoms with van der Waals surface area (Å²) in [6, 6.07) is 5.82. The average molecular weight is 430 g/mol. The average Bonchev–Trinajstić information content (AvgIpc) is 2.79. The monoisotopic (exact) mass is 429 g/mol. The summed E-state index contributed by atoms with van der Waals surface area (Å²) in [5, 5.41) is 4.36. The van der Waals surface area contributed by atoms with E-state index in [0.29, 0.717) is 11.3 Å². The van der Waals surface area contributed by atoms with E-state index in [-0.39, 0.29) is 16.7 Å². The fourth-order valence-electron chi connectivity index (χ4n) is 1.40. The van der Waals surface area contributed by atoms with E-state index in [0.717, 1.165) is 2.88 Å². The van der Waals surface area contributed by atoms with Crippen LogP contribution in [0.1, 0.15) is 10.4 Å². The number of thiophene rings is 1. The van der Waals surface area contributed by atoms with Gasteiger partial charge in [0.05, 0.1) is 13.5 Å². The molecule has 1 heterocycles. The van der Waals surface area contributed by atoms with Gasteiger partial charge in [-0.05, 0) is 46.9 Å². The molecular weight excluding hydrogens is 423 g/mol. The van der Waals surface area contributed by atoms with E-state index in [1.807, 2.05) is 0 Å². The van der Waals surface area contributed by atoms with Crippen molar-refractivity contribution in [1.29, 1.82) is 0 Å². The molecule has 0 saturated heterocycles. The van der Waals surface area contributed by atoms with E-state index in [4.69, 9.17) is 11.6 Å². The number of anilines is 1. The second kappa shape index (κ2) is 6.68. The maximum absolute atomic E-state index is 12.1. The predicted molar refractivity (Wildman–Crippen MR) is 83.1 cm³/mol. The molecule has 1 amide bonds. The first-order valence-electron chi connectivity index (χ1n) is 5.25. The number of amides is 1. The highest BCUT2D eigenvalue weighted by atomic mass is 127. The van der Waals surface area contributed by atoms with Gasteiger partial charge in [0.1, 0.15) is 5.75 Å². The zero-order chi connectivity index (χ0) is 14.7. The summed E-state index contributed by atoms with van der Waals surface area (Å²) in [6.45, 7) is -2.94. The molecule has 0 aliphatic carbocycles. The SMILES string of the molecule is O=C(Nc1ccc(OC(F)F)c(Cl)c1)c1csc(I)c1. The van der Waals surface area contributed by atoms with Crippen LogP contribution in [0, 0.1) is 2.88 Å². The van der Waals surface area contributed by atoms with Crippen LogP contribution in [-0.4, -0.2) is 12.5 Å². The minimum Gasteiger partial charge on any atom is -0.433 e. The predicted octanol–water partition coefficient (Wildman–Crippen LogP) is 4.86. The fourth-order valence-corrected chi connectivity index (χ4v) is 2.95. The molecule has 1 N–H and O–H groups in total. The number of rotatable bonds is 4. The van der Waals surface area contributed by atoms with E-state index in [1.165, 1.54) is 29.5 Å². The van der Waals surface area contributed by atoms with Gasteiger partial charge in [0.2, 0.25) is 0 Å². The van der Waals surface area contributed by atoms with E-state index >= 15 is 0 Å². The van der Waals surface area contributed by atoms with Crippen molar-refractivity contribution >= 4 is 57.1 Å². The summed E-state index contributed by atoms with van der Waals surface area (Å²) < 4.78 is 29.4. The highest BCUT2D eigenvalue weighted by Gasteiger charge is 2.12. The van der Waals surface area contributed by atoms with Crippen molar-refractivity contribution in [3.05, 3.63) is 43.1 Å². The summed E-state index contributed by atoms with van der Waals surface area (Å²) in [5.74, 6) is -0.424. The summed E-state index contributed by atoms with van der Waals surface area (Å²) in [6.07, 6.45) is 0. The van der Waals surface area contributed by atoms with Gasteiger partial charge in [-0.1, -0.05) is 11.6 Å². The van der Waals surface area contributed by atoms with Crippen molar-refractivity contribution in [3.8, 4) is 5.75 Å². The van der Waals surface area contributed by atoms with Crippen molar-refractivity contribution in [1.82, 2.24) is 0 Å². The zero-order valence-corrected chi connectivity index (χ0v) is 13.4. The third-order valence-electron chi connectivity index (χ3n) is 2.24. The topological polar surface area (TPSA) is 38.3 Å². The van der Waals surface area contributed by atoms with Gasteiger partial charge in [-0.2, -0.15) is 8.78 Å². The maximum Gasteiger partial charge on any atom is 0.387 e. The Balaban J connectivity index is 2.10. The molecule has 0 atom stereocenters. The molecule has 1 aromatic heterocycles. The Kier molecular flexibility index (Phi) is 5.17. The van der Waals surface area contributed by atoms with Gasteiger partial charge in [-0.25, -0.2) is 0 Å². The molecule has 0 aliphatic rings.